The number of benzene rings is 1. The molecule has 1 aliphatic carbocycles. The summed E-state index contributed by atoms with van der Waals surface area (Å²) in [4.78, 5) is 12.7. The quantitative estimate of drug-likeness (QED) is 0.876. The standard InChI is InChI=1S/C18H25FN2O2/c1-13(23-16-8-3-2-7-15(16)19)10-21-17(22)18-9-5-4-6-14(18)11-20-12-18/h2-3,7-8,13-14,20H,4-6,9-12H2,1H3,(H,21,22)/t13?,14-,18+/m0/s1. The van der Waals surface area contributed by atoms with Crippen LogP contribution in [0.5, 0.6) is 5.75 Å². The van der Waals surface area contributed by atoms with E-state index in [1.165, 1.54) is 12.5 Å². The summed E-state index contributed by atoms with van der Waals surface area (Å²) in [5.74, 6) is 0.414. The number of para-hydroxylation sites is 1. The summed E-state index contributed by atoms with van der Waals surface area (Å²) in [6.45, 7) is 3.94. The minimum Gasteiger partial charge on any atom is -0.486 e. The van der Waals surface area contributed by atoms with E-state index in [-0.39, 0.29) is 29.0 Å². The van der Waals surface area contributed by atoms with Gasteiger partial charge in [0.2, 0.25) is 5.91 Å². The van der Waals surface area contributed by atoms with Crippen molar-refractivity contribution in [3.8, 4) is 5.75 Å². The normalized spacial score (nSPS) is 28.0. The van der Waals surface area contributed by atoms with Gasteiger partial charge in [0.25, 0.3) is 0 Å². The van der Waals surface area contributed by atoms with Crippen LogP contribution in [0.1, 0.15) is 32.6 Å². The predicted molar refractivity (Wildman–Crippen MR) is 86.8 cm³/mol. The maximum absolute atomic E-state index is 13.6. The summed E-state index contributed by atoms with van der Waals surface area (Å²) in [6, 6.07) is 6.34. The second-order valence-electron chi connectivity index (χ2n) is 6.80. The molecular formula is C18H25FN2O2. The number of carbonyl (C=O) groups is 1. The second-order valence-corrected chi connectivity index (χ2v) is 6.80. The van der Waals surface area contributed by atoms with Gasteiger partial charge >= 0.3 is 0 Å². The van der Waals surface area contributed by atoms with Crippen LogP contribution in [0.3, 0.4) is 0 Å². The molecule has 0 radical (unpaired) electrons. The van der Waals surface area contributed by atoms with E-state index in [1.807, 2.05) is 6.92 Å². The molecule has 1 aromatic rings. The third-order valence-electron chi connectivity index (χ3n) is 5.21. The highest BCUT2D eigenvalue weighted by atomic mass is 19.1. The van der Waals surface area contributed by atoms with Gasteiger partial charge in [0.1, 0.15) is 6.10 Å². The number of hydrogen-bond donors (Lipinski definition) is 2. The molecule has 3 atom stereocenters. The molecule has 2 fully saturated rings. The van der Waals surface area contributed by atoms with Gasteiger partial charge in [0.05, 0.1) is 12.0 Å². The number of carbonyl (C=O) groups excluding carboxylic acids is 1. The minimum atomic E-state index is -0.378. The lowest BCUT2D eigenvalue weighted by Gasteiger charge is -2.37. The molecule has 23 heavy (non-hydrogen) atoms. The number of halogens is 1. The molecule has 0 bridgehead atoms. The molecule has 1 amide bonds. The van der Waals surface area contributed by atoms with E-state index in [9.17, 15) is 9.18 Å². The zero-order valence-electron chi connectivity index (χ0n) is 13.6. The Balaban J connectivity index is 1.55. The van der Waals surface area contributed by atoms with Gasteiger partial charge in [-0.2, -0.15) is 0 Å². The summed E-state index contributed by atoms with van der Waals surface area (Å²) in [7, 11) is 0. The van der Waals surface area contributed by atoms with E-state index >= 15 is 0 Å². The van der Waals surface area contributed by atoms with Crippen LogP contribution < -0.4 is 15.4 Å². The predicted octanol–water partition coefficient (Wildman–Crippen LogP) is 2.49. The average molecular weight is 320 g/mol. The fourth-order valence-corrected chi connectivity index (χ4v) is 3.90. The van der Waals surface area contributed by atoms with Gasteiger partial charge < -0.3 is 15.4 Å². The van der Waals surface area contributed by atoms with E-state index in [0.29, 0.717) is 12.5 Å². The van der Waals surface area contributed by atoms with Crippen molar-refractivity contribution in [2.24, 2.45) is 11.3 Å². The van der Waals surface area contributed by atoms with Crippen LogP contribution in [0.15, 0.2) is 24.3 Å². The highest BCUT2D eigenvalue weighted by molar-refractivity contribution is 5.83. The lowest BCUT2D eigenvalue weighted by atomic mass is 9.67. The lowest BCUT2D eigenvalue weighted by molar-refractivity contribution is -0.134. The van der Waals surface area contributed by atoms with Crippen LogP contribution >= 0.6 is 0 Å². The zero-order chi connectivity index (χ0) is 16.3. The molecule has 2 aliphatic rings. The molecule has 5 heteroatoms. The van der Waals surface area contributed by atoms with Crippen LogP contribution in [0.4, 0.5) is 4.39 Å². The summed E-state index contributed by atoms with van der Waals surface area (Å²) in [5.41, 5.74) is -0.254. The Kier molecular flexibility index (Phi) is 4.85. The smallest absolute Gasteiger partial charge is 0.227 e. The van der Waals surface area contributed by atoms with Gasteiger partial charge in [-0.15, -0.1) is 0 Å². The molecule has 0 spiro atoms. The molecule has 1 saturated carbocycles. The summed E-state index contributed by atoms with van der Waals surface area (Å²) >= 11 is 0. The summed E-state index contributed by atoms with van der Waals surface area (Å²) < 4.78 is 19.2. The van der Waals surface area contributed by atoms with Gasteiger partial charge in [0, 0.05) is 6.54 Å². The number of rotatable bonds is 5. The molecule has 2 N–H and O–H groups in total. The Hall–Kier alpha value is -1.62. The molecule has 126 valence electrons. The minimum absolute atomic E-state index is 0.121. The fraction of sp³-hybridized carbons (Fsp3) is 0.611. The van der Waals surface area contributed by atoms with E-state index in [0.717, 1.165) is 32.4 Å². The molecule has 4 nitrogen and oxygen atoms in total. The van der Waals surface area contributed by atoms with Crippen molar-refractivity contribution in [1.82, 2.24) is 10.6 Å². The number of amides is 1. The molecule has 1 aromatic carbocycles. The summed E-state index contributed by atoms with van der Waals surface area (Å²) in [6.07, 6.45) is 4.14. The molecule has 0 aromatic heterocycles. The zero-order valence-corrected chi connectivity index (χ0v) is 13.6. The third-order valence-corrected chi connectivity index (χ3v) is 5.21. The molecule has 1 heterocycles. The number of ether oxygens (including phenoxy) is 1. The van der Waals surface area contributed by atoms with Crippen molar-refractivity contribution in [2.75, 3.05) is 19.6 Å². The highest BCUT2D eigenvalue weighted by Gasteiger charge is 2.49. The largest absolute Gasteiger partial charge is 0.486 e. The van der Waals surface area contributed by atoms with E-state index in [4.69, 9.17) is 4.74 Å². The van der Waals surface area contributed by atoms with Crippen molar-refractivity contribution in [3.63, 3.8) is 0 Å². The molecule has 1 aliphatic heterocycles. The van der Waals surface area contributed by atoms with Crippen LogP contribution in [0, 0.1) is 17.2 Å². The van der Waals surface area contributed by atoms with E-state index < -0.39 is 0 Å². The Bertz CT molecular complexity index is 566. The van der Waals surface area contributed by atoms with E-state index in [2.05, 4.69) is 10.6 Å². The maximum atomic E-state index is 13.6. The van der Waals surface area contributed by atoms with Gasteiger partial charge in [0.15, 0.2) is 11.6 Å². The van der Waals surface area contributed by atoms with Gasteiger partial charge in [-0.25, -0.2) is 4.39 Å². The Morgan fingerprint density at radius 3 is 3.13 bits per heavy atom. The first-order valence-electron chi connectivity index (χ1n) is 8.52. The third kappa shape index (κ3) is 3.34. The molecular weight excluding hydrogens is 295 g/mol. The second kappa shape index (κ2) is 6.87. The van der Waals surface area contributed by atoms with Crippen molar-refractivity contribution in [3.05, 3.63) is 30.1 Å². The van der Waals surface area contributed by atoms with Gasteiger partial charge in [-0.05, 0) is 44.4 Å². The average Bonchev–Trinajstić information content (AvgIpc) is 3.00. The van der Waals surface area contributed by atoms with Crippen molar-refractivity contribution < 1.29 is 13.9 Å². The Labute approximate surface area is 136 Å². The van der Waals surface area contributed by atoms with Crippen molar-refractivity contribution in [2.45, 2.75) is 38.7 Å². The lowest BCUT2D eigenvalue weighted by Crippen LogP contribution is -2.49. The van der Waals surface area contributed by atoms with Crippen LogP contribution in [0.2, 0.25) is 0 Å². The number of nitrogens with one attached hydrogen (secondary N) is 2. The van der Waals surface area contributed by atoms with Gasteiger partial charge in [-0.3, -0.25) is 4.79 Å². The summed E-state index contributed by atoms with van der Waals surface area (Å²) in [5, 5.41) is 6.41. The number of hydrogen-bond acceptors (Lipinski definition) is 3. The molecule has 3 rings (SSSR count). The topological polar surface area (TPSA) is 50.4 Å². The maximum Gasteiger partial charge on any atom is 0.227 e. The monoisotopic (exact) mass is 320 g/mol. The number of fused-ring (bicyclic) bond motifs is 1. The van der Waals surface area contributed by atoms with E-state index in [1.54, 1.807) is 18.2 Å². The first-order valence-corrected chi connectivity index (χ1v) is 8.52. The Morgan fingerprint density at radius 2 is 2.30 bits per heavy atom. The fourth-order valence-electron chi connectivity index (χ4n) is 3.90. The molecule has 1 saturated heterocycles. The SMILES string of the molecule is CC(CNC(=O)[C@@]12CCCC[C@H]1CNC2)Oc1ccccc1F. The Morgan fingerprint density at radius 1 is 1.48 bits per heavy atom. The first-order chi connectivity index (χ1) is 11.1. The van der Waals surface area contributed by atoms with Crippen LogP contribution in [-0.4, -0.2) is 31.6 Å². The van der Waals surface area contributed by atoms with Crippen LogP contribution in [0.25, 0.3) is 0 Å². The molecule has 1 unspecified atom stereocenters. The van der Waals surface area contributed by atoms with Crippen molar-refractivity contribution >= 4 is 5.91 Å². The van der Waals surface area contributed by atoms with Crippen molar-refractivity contribution in [1.29, 1.82) is 0 Å². The van der Waals surface area contributed by atoms with Crippen LogP contribution in [-0.2, 0) is 4.79 Å². The van der Waals surface area contributed by atoms with Gasteiger partial charge in [-0.1, -0.05) is 25.0 Å². The highest BCUT2D eigenvalue weighted by Crippen LogP contribution is 2.43. The first kappa shape index (κ1) is 16.2.